The minimum absolute atomic E-state index is 0.877. The quantitative estimate of drug-likeness (QED) is 0.840. The Kier molecular flexibility index (Phi) is 5.50. The molecular formula is C16H22N4. The number of pyridine rings is 2. The smallest absolute Gasteiger partial charge is 0.130 e. The molecule has 0 spiro atoms. The van der Waals surface area contributed by atoms with E-state index in [0.717, 1.165) is 31.9 Å². The van der Waals surface area contributed by atoms with Crippen LogP contribution in [-0.2, 0) is 13.1 Å². The molecule has 0 amide bonds. The maximum atomic E-state index is 4.43. The Morgan fingerprint density at radius 1 is 1.10 bits per heavy atom. The van der Waals surface area contributed by atoms with Crippen molar-refractivity contribution in [2.45, 2.75) is 26.4 Å². The lowest BCUT2D eigenvalue weighted by Crippen LogP contribution is -2.18. The number of nitrogens with zero attached hydrogens (tertiary/aromatic N) is 3. The predicted octanol–water partition coefficient (Wildman–Crippen LogP) is 2.93. The van der Waals surface area contributed by atoms with E-state index in [0.29, 0.717) is 0 Å². The molecule has 4 nitrogen and oxygen atoms in total. The Morgan fingerprint density at radius 3 is 2.65 bits per heavy atom. The number of hydrogen-bond donors (Lipinski definition) is 1. The minimum atomic E-state index is 0.877. The average Bonchev–Trinajstić information content (AvgIpc) is 2.47. The van der Waals surface area contributed by atoms with Crippen LogP contribution in [0.5, 0.6) is 0 Å². The molecule has 2 aromatic rings. The van der Waals surface area contributed by atoms with Gasteiger partial charge >= 0.3 is 0 Å². The predicted molar refractivity (Wildman–Crippen MR) is 82.4 cm³/mol. The summed E-state index contributed by atoms with van der Waals surface area (Å²) in [6.07, 6.45) is 6.61. The van der Waals surface area contributed by atoms with E-state index in [1.54, 1.807) is 0 Å². The van der Waals surface area contributed by atoms with Crippen LogP contribution in [0.25, 0.3) is 0 Å². The maximum Gasteiger partial charge on any atom is 0.130 e. The molecule has 0 saturated heterocycles. The largest absolute Gasteiger partial charge is 0.370 e. The van der Waals surface area contributed by atoms with Gasteiger partial charge in [0.25, 0.3) is 0 Å². The van der Waals surface area contributed by atoms with Gasteiger partial charge in [0.1, 0.15) is 5.82 Å². The van der Waals surface area contributed by atoms with Gasteiger partial charge in [-0.3, -0.25) is 9.88 Å². The normalized spacial score (nSPS) is 10.8. The van der Waals surface area contributed by atoms with Gasteiger partial charge in [-0.25, -0.2) is 4.98 Å². The van der Waals surface area contributed by atoms with Crippen molar-refractivity contribution in [3.8, 4) is 0 Å². The Labute approximate surface area is 120 Å². The Bertz CT molecular complexity index is 513. The third-order valence-corrected chi connectivity index (χ3v) is 3.08. The SMILES string of the molecule is CCCNc1ncccc1CN(C)Cc1ccncc1. The van der Waals surface area contributed by atoms with Gasteiger partial charge in [-0.1, -0.05) is 13.0 Å². The van der Waals surface area contributed by atoms with Gasteiger partial charge < -0.3 is 5.32 Å². The van der Waals surface area contributed by atoms with Crippen LogP contribution in [0.15, 0.2) is 42.9 Å². The standard InChI is InChI=1S/C16H22N4/c1-3-8-18-16-15(5-4-9-19-16)13-20(2)12-14-6-10-17-11-7-14/h4-7,9-11H,3,8,12-13H2,1-2H3,(H,18,19). The van der Waals surface area contributed by atoms with E-state index < -0.39 is 0 Å². The van der Waals surface area contributed by atoms with Gasteiger partial charge in [0, 0.05) is 43.8 Å². The van der Waals surface area contributed by atoms with Crippen LogP contribution < -0.4 is 5.32 Å². The van der Waals surface area contributed by atoms with E-state index in [-0.39, 0.29) is 0 Å². The second-order valence-electron chi connectivity index (χ2n) is 4.97. The van der Waals surface area contributed by atoms with Crippen molar-refractivity contribution in [3.05, 3.63) is 54.0 Å². The van der Waals surface area contributed by atoms with Crippen molar-refractivity contribution < 1.29 is 0 Å². The van der Waals surface area contributed by atoms with Crippen LogP contribution >= 0.6 is 0 Å². The Balaban J connectivity index is 1.98. The molecule has 2 heterocycles. The fraction of sp³-hybridized carbons (Fsp3) is 0.375. The van der Waals surface area contributed by atoms with E-state index in [4.69, 9.17) is 0 Å². The van der Waals surface area contributed by atoms with Crippen molar-refractivity contribution in [2.75, 3.05) is 18.9 Å². The average molecular weight is 270 g/mol. The van der Waals surface area contributed by atoms with Crippen LogP contribution in [-0.4, -0.2) is 28.5 Å². The van der Waals surface area contributed by atoms with E-state index in [9.17, 15) is 0 Å². The highest BCUT2D eigenvalue weighted by Crippen LogP contribution is 2.14. The summed E-state index contributed by atoms with van der Waals surface area (Å²) in [5, 5.41) is 3.38. The lowest BCUT2D eigenvalue weighted by atomic mass is 10.2. The summed E-state index contributed by atoms with van der Waals surface area (Å²) in [5.41, 5.74) is 2.51. The maximum absolute atomic E-state index is 4.43. The second kappa shape index (κ2) is 7.60. The summed E-state index contributed by atoms with van der Waals surface area (Å²) in [5.74, 6) is 0.996. The summed E-state index contributed by atoms with van der Waals surface area (Å²) in [7, 11) is 2.12. The summed E-state index contributed by atoms with van der Waals surface area (Å²) in [4.78, 5) is 10.8. The highest BCUT2D eigenvalue weighted by atomic mass is 15.1. The van der Waals surface area contributed by atoms with Crippen LogP contribution in [0.1, 0.15) is 24.5 Å². The lowest BCUT2D eigenvalue weighted by molar-refractivity contribution is 0.319. The molecule has 0 aliphatic rings. The van der Waals surface area contributed by atoms with Gasteiger partial charge in [-0.15, -0.1) is 0 Å². The first-order valence-corrected chi connectivity index (χ1v) is 7.04. The fourth-order valence-electron chi connectivity index (χ4n) is 2.12. The molecule has 106 valence electrons. The lowest BCUT2D eigenvalue weighted by Gasteiger charge is -2.18. The summed E-state index contributed by atoms with van der Waals surface area (Å²) in [6.45, 7) is 4.90. The van der Waals surface area contributed by atoms with E-state index in [1.807, 2.05) is 24.7 Å². The molecule has 0 unspecified atom stereocenters. The number of hydrogen-bond acceptors (Lipinski definition) is 4. The molecule has 2 aromatic heterocycles. The number of anilines is 1. The third kappa shape index (κ3) is 4.31. The monoisotopic (exact) mass is 270 g/mol. The second-order valence-corrected chi connectivity index (χ2v) is 4.97. The van der Waals surface area contributed by atoms with Crippen LogP contribution in [0.3, 0.4) is 0 Å². The number of rotatable bonds is 7. The fourth-order valence-corrected chi connectivity index (χ4v) is 2.12. The number of aromatic nitrogens is 2. The first-order chi connectivity index (χ1) is 9.79. The highest BCUT2D eigenvalue weighted by molar-refractivity contribution is 5.43. The van der Waals surface area contributed by atoms with Crippen molar-refractivity contribution in [2.24, 2.45) is 0 Å². The molecule has 0 aliphatic carbocycles. The molecule has 0 aromatic carbocycles. The first-order valence-electron chi connectivity index (χ1n) is 7.04. The molecule has 0 radical (unpaired) electrons. The zero-order valence-electron chi connectivity index (χ0n) is 12.2. The first kappa shape index (κ1) is 14.5. The van der Waals surface area contributed by atoms with E-state index >= 15 is 0 Å². The molecular weight excluding hydrogens is 248 g/mol. The minimum Gasteiger partial charge on any atom is -0.370 e. The summed E-state index contributed by atoms with van der Waals surface area (Å²) >= 11 is 0. The van der Waals surface area contributed by atoms with Crippen molar-refractivity contribution in [1.82, 2.24) is 14.9 Å². The molecule has 20 heavy (non-hydrogen) atoms. The molecule has 1 N–H and O–H groups in total. The molecule has 2 rings (SSSR count). The summed E-state index contributed by atoms with van der Waals surface area (Å²) < 4.78 is 0. The molecule has 0 aliphatic heterocycles. The van der Waals surface area contributed by atoms with Crippen molar-refractivity contribution in [1.29, 1.82) is 0 Å². The zero-order valence-corrected chi connectivity index (χ0v) is 12.2. The molecule has 0 atom stereocenters. The van der Waals surface area contributed by atoms with Gasteiger partial charge in [0.05, 0.1) is 0 Å². The van der Waals surface area contributed by atoms with Crippen molar-refractivity contribution in [3.63, 3.8) is 0 Å². The molecule has 0 saturated carbocycles. The van der Waals surface area contributed by atoms with E-state index in [1.165, 1.54) is 11.1 Å². The van der Waals surface area contributed by atoms with Gasteiger partial charge in [0.15, 0.2) is 0 Å². The highest BCUT2D eigenvalue weighted by Gasteiger charge is 2.06. The van der Waals surface area contributed by atoms with Gasteiger partial charge in [-0.05, 0) is 37.2 Å². The number of nitrogens with one attached hydrogen (secondary N) is 1. The summed E-state index contributed by atoms with van der Waals surface area (Å²) in [6, 6.07) is 8.23. The van der Waals surface area contributed by atoms with E-state index in [2.05, 4.69) is 52.4 Å². The van der Waals surface area contributed by atoms with Crippen LogP contribution in [0.4, 0.5) is 5.82 Å². The molecule has 4 heteroatoms. The Hall–Kier alpha value is -1.94. The third-order valence-electron chi connectivity index (χ3n) is 3.08. The zero-order chi connectivity index (χ0) is 14.2. The van der Waals surface area contributed by atoms with Crippen molar-refractivity contribution >= 4 is 5.82 Å². The van der Waals surface area contributed by atoms with Crippen LogP contribution in [0, 0.1) is 0 Å². The topological polar surface area (TPSA) is 41.1 Å². The Morgan fingerprint density at radius 2 is 1.90 bits per heavy atom. The van der Waals surface area contributed by atoms with Gasteiger partial charge in [-0.2, -0.15) is 0 Å². The molecule has 0 bridgehead atoms. The van der Waals surface area contributed by atoms with Crippen LogP contribution in [0.2, 0.25) is 0 Å². The molecule has 0 fully saturated rings. The van der Waals surface area contributed by atoms with Gasteiger partial charge in [0.2, 0.25) is 0 Å².